The first-order chi connectivity index (χ1) is 16.9. The number of para-hydroxylation sites is 1. The largest absolute Gasteiger partial charge is 0.497 e. The van der Waals surface area contributed by atoms with Gasteiger partial charge in [-0.3, -0.25) is 14.2 Å². The third-order valence-corrected chi connectivity index (χ3v) is 9.19. The summed E-state index contributed by atoms with van der Waals surface area (Å²) in [6.07, 6.45) is 7.37. The number of nitrogens with zero attached hydrogens (tertiary/aromatic N) is 2. The second kappa shape index (κ2) is 8.70. The van der Waals surface area contributed by atoms with Crippen molar-refractivity contribution in [2.24, 2.45) is 17.8 Å². The third-order valence-electron chi connectivity index (χ3n) is 8.13. The van der Waals surface area contributed by atoms with Crippen LogP contribution < -0.4 is 15.6 Å². The first-order valence-corrected chi connectivity index (χ1v) is 13.5. The summed E-state index contributed by atoms with van der Waals surface area (Å²) in [6.45, 7) is 1.91. The minimum absolute atomic E-state index is 0.0378. The van der Waals surface area contributed by atoms with Crippen LogP contribution in [0.5, 0.6) is 5.75 Å². The van der Waals surface area contributed by atoms with Crippen molar-refractivity contribution in [3.63, 3.8) is 0 Å². The number of aromatic nitrogens is 2. The molecule has 35 heavy (non-hydrogen) atoms. The molecule has 1 atom stereocenters. The molecule has 0 aliphatic heterocycles. The number of hydrogen-bond donors (Lipinski definition) is 1. The molecule has 1 N–H and O–H groups in total. The number of rotatable bonds is 6. The number of amides is 1. The number of ether oxygens (including phenoxy) is 1. The Kier molecular flexibility index (Phi) is 5.63. The van der Waals surface area contributed by atoms with Crippen molar-refractivity contribution in [1.29, 1.82) is 0 Å². The Labute approximate surface area is 209 Å². The summed E-state index contributed by atoms with van der Waals surface area (Å²) >= 11 is 1.34. The van der Waals surface area contributed by atoms with Gasteiger partial charge in [-0.05, 0) is 87.5 Å². The Bertz CT molecular complexity index is 1320. The van der Waals surface area contributed by atoms with Crippen molar-refractivity contribution < 1.29 is 9.53 Å². The average Bonchev–Trinajstić information content (AvgIpc) is 2.83. The van der Waals surface area contributed by atoms with E-state index in [4.69, 9.17) is 9.72 Å². The van der Waals surface area contributed by atoms with Crippen molar-refractivity contribution >= 4 is 28.6 Å². The predicted octanol–water partition coefficient (Wildman–Crippen LogP) is 4.96. The molecule has 4 bridgehead atoms. The lowest BCUT2D eigenvalue weighted by Gasteiger charge is -2.57. The lowest BCUT2D eigenvalue weighted by molar-refractivity contribution is -0.126. The molecule has 4 aliphatic carbocycles. The fraction of sp³-hybridized carbons (Fsp3) is 0.464. The van der Waals surface area contributed by atoms with Crippen molar-refractivity contribution in [2.45, 2.75) is 61.4 Å². The minimum Gasteiger partial charge on any atom is -0.497 e. The van der Waals surface area contributed by atoms with E-state index in [9.17, 15) is 9.59 Å². The molecule has 0 spiro atoms. The molecular formula is C28H31N3O3S. The maximum atomic E-state index is 13.6. The van der Waals surface area contributed by atoms with Gasteiger partial charge in [-0.1, -0.05) is 30.0 Å². The lowest BCUT2D eigenvalue weighted by Crippen LogP contribution is -2.60. The first-order valence-electron chi connectivity index (χ1n) is 12.6. The summed E-state index contributed by atoms with van der Waals surface area (Å²) in [5.74, 6) is 3.00. The van der Waals surface area contributed by atoms with Crippen molar-refractivity contribution in [3.05, 3.63) is 58.9 Å². The number of hydrogen-bond acceptors (Lipinski definition) is 5. The molecule has 2 aromatic carbocycles. The smallest absolute Gasteiger partial charge is 0.266 e. The second-order valence-electron chi connectivity index (χ2n) is 10.7. The highest BCUT2D eigenvalue weighted by atomic mass is 32.2. The molecule has 1 heterocycles. The van der Waals surface area contributed by atoms with E-state index in [1.807, 2.05) is 49.4 Å². The molecule has 1 amide bonds. The Hall–Kier alpha value is -2.80. The highest BCUT2D eigenvalue weighted by molar-refractivity contribution is 8.00. The summed E-state index contributed by atoms with van der Waals surface area (Å²) in [5, 5.41) is 4.15. The molecule has 182 valence electrons. The van der Waals surface area contributed by atoms with E-state index in [2.05, 4.69) is 5.32 Å². The highest BCUT2D eigenvalue weighted by Gasteiger charge is 2.51. The zero-order valence-corrected chi connectivity index (χ0v) is 21.0. The molecule has 3 aromatic rings. The van der Waals surface area contributed by atoms with Gasteiger partial charge in [0.25, 0.3) is 5.56 Å². The average molecular weight is 490 g/mol. The van der Waals surface area contributed by atoms with Crippen LogP contribution in [0.15, 0.2) is 58.5 Å². The monoisotopic (exact) mass is 489 g/mol. The van der Waals surface area contributed by atoms with Crippen LogP contribution in [0.1, 0.15) is 45.4 Å². The maximum Gasteiger partial charge on any atom is 0.266 e. The highest BCUT2D eigenvalue weighted by Crippen LogP contribution is 2.55. The second-order valence-corrected chi connectivity index (χ2v) is 12.0. The van der Waals surface area contributed by atoms with E-state index in [-0.39, 0.29) is 22.3 Å². The van der Waals surface area contributed by atoms with Gasteiger partial charge in [-0.2, -0.15) is 0 Å². The molecular weight excluding hydrogens is 458 g/mol. The van der Waals surface area contributed by atoms with Crippen molar-refractivity contribution in [2.75, 3.05) is 7.11 Å². The van der Waals surface area contributed by atoms with Crippen LogP contribution in [0.25, 0.3) is 16.6 Å². The van der Waals surface area contributed by atoms with Gasteiger partial charge in [-0.25, -0.2) is 4.98 Å². The zero-order chi connectivity index (χ0) is 24.2. The summed E-state index contributed by atoms with van der Waals surface area (Å²) < 4.78 is 6.99. The topological polar surface area (TPSA) is 73.2 Å². The minimum atomic E-state index is -0.382. The summed E-state index contributed by atoms with van der Waals surface area (Å²) in [5.41, 5.74) is 1.11. The number of carbonyl (C=O) groups excluding carboxylic acids is 1. The number of methoxy groups -OCH3 is 1. The van der Waals surface area contributed by atoms with E-state index >= 15 is 0 Å². The van der Waals surface area contributed by atoms with E-state index in [0.29, 0.717) is 27.5 Å². The summed E-state index contributed by atoms with van der Waals surface area (Å²) in [7, 11) is 1.60. The maximum absolute atomic E-state index is 13.6. The van der Waals surface area contributed by atoms with Crippen LogP contribution >= 0.6 is 11.8 Å². The van der Waals surface area contributed by atoms with Gasteiger partial charge in [0.05, 0.1) is 29.0 Å². The first kappa shape index (κ1) is 22.7. The van der Waals surface area contributed by atoms with E-state index < -0.39 is 0 Å². The Morgan fingerprint density at radius 3 is 2.46 bits per heavy atom. The molecule has 4 saturated carbocycles. The van der Waals surface area contributed by atoms with Crippen LogP contribution in [-0.4, -0.2) is 33.4 Å². The molecule has 1 aromatic heterocycles. The van der Waals surface area contributed by atoms with E-state index in [0.717, 1.165) is 37.0 Å². The lowest BCUT2D eigenvalue weighted by atomic mass is 9.53. The molecule has 1 unspecified atom stereocenters. The number of carbonyl (C=O) groups is 1. The van der Waals surface area contributed by atoms with Gasteiger partial charge in [0, 0.05) is 11.6 Å². The van der Waals surface area contributed by atoms with Crippen molar-refractivity contribution in [1.82, 2.24) is 14.9 Å². The number of thioether (sulfide) groups is 1. The Morgan fingerprint density at radius 1 is 1.09 bits per heavy atom. The molecule has 4 fully saturated rings. The fourth-order valence-electron chi connectivity index (χ4n) is 7.01. The zero-order valence-electron chi connectivity index (χ0n) is 20.2. The van der Waals surface area contributed by atoms with Crippen LogP contribution in [-0.2, 0) is 4.79 Å². The van der Waals surface area contributed by atoms with Gasteiger partial charge in [-0.15, -0.1) is 0 Å². The van der Waals surface area contributed by atoms with Gasteiger partial charge >= 0.3 is 0 Å². The predicted molar refractivity (Wildman–Crippen MR) is 138 cm³/mol. The molecule has 0 saturated heterocycles. The Morgan fingerprint density at radius 2 is 1.77 bits per heavy atom. The third kappa shape index (κ3) is 4.14. The van der Waals surface area contributed by atoms with E-state index in [1.54, 1.807) is 17.7 Å². The summed E-state index contributed by atoms with van der Waals surface area (Å²) in [4.78, 5) is 31.9. The number of benzene rings is 2. The molecule has 7 rings (SSSR count). The SMILES string of the molecule is COc1cccc(-n2c(SC(C)C(=O)NC34CC5CC(CC(C5)C3)C4)nc3ccccc3c2=O)c1. The molecule has 0 radical (unpaired) electrons. The van der Waals surface area contributed by atoms with Crippen LogP contribution in [0, 0.1) is 17.8 Å². The number of fused-ring (bicyclic) bond motifs is 1. The molecule has 7 heteroatoms. The van der Waals surface area contributed by atoms with Crippen LogP contribution in [0.3, 0.4) is 0 Å². The standard InChI is InChI=1S/C28H31N3O3S/c1-17(25(32)30-28-14-18-10-19(15-28)12-20(11-18)16-28)35-27-29-24-9-4-3-8-23(24)26(33)31(27)21-6-5-7-22(13-21)34-2/h3-9,13,17-20H,10-12,14-16H2,1-2H3,(H,30,32). The number of nitrogens with one attached hydrogen (secondary N) is 1. The summed E-state index contributed by atoms with van der Waals surface area (Å²) in [6, 6.07) is 14.7. The van der Waals surface area contributed by atoms with Gasteiger partial charge in [0.15, 0.2) is 5.16 Å². The van der Waals surface area contributed by atoms with Gasteiger partial charge < -0.3 is 10.1 Å². The van der Waals surface area contributed by atoms with Crippen molar-refractivity contribution in [3.8, 4) is 11.4 Å². The van der Waals surface area contributed by atoms with Gasteiger partial charge in [0.2, 0.25) is 5.91 Å². The van der Waals surface area contributed by atoms with Crippen LogP contribution in [0.2, 0.25) is 0 Å². The van der Waals surface area contributed by atoms with E-state index in [1.165, 1.54) is 31.0 Å². The molecule has 4 aliphatic rings. The quantitative estimate of drug-likeness (QED) is 0.391. The normalized spacial score (nSPS) is 27.7. The van der Waals surface area contributed by atoms with Gasteiger partial charge in [0.1, 0.15) is 5.75 Å². The fourth-order valence-corrected chi connectivity index (χ4v) is 7.93. The molecule has 6 nitrogen and oxygen atoms in total. The van der Waals surface area contributed by atoms with Crippen LogP contribution in [0.4, 0.5) is 0 Å². The Balaban J connectivity index is 1.32.